The zero-order valence-electron chi connectivity index (χ0n) is 9.96. The lowest BCUT2D eigenvalue weighted by Gasteiger charge is -2.20. The number of carbonyl (C=O) groups is 2. The first-order chi connectivity index (χ1) is 8.54. The summed E-state index contributed by atoms with van der Waals surface area (Å²) in [6, 6.07) is -1.61. The van der Waals surface area contributed by atoms with Crippen molar-refractivity contribution in [2.24, 2.45) is 0 Å². The first-order valence-electron chi connectivity index (χ1n) is 5.37. The molecular weight excluding hydrogens is 240 g/mol. The number of aliphatic carboxylic acids is 1. The van der Waals surface area contributed by atoms with Crippen molar-refractivity contribution in [2.45, 2.75) is 19.0 Å². The molecule has 4 N–H and O–H groups in total. The minimum Gasteiger partial charge on any atom is -0.480 e. The number of aromatic amines is 1. The summed E-state index contributed by atoms with van der Waals surface area (Å²) in [6.07, 6.45) is 3.19. The van der Waals surface area contributed by atoms with Gasteiger partial charge in [-0.25, -0.2) is 9.59 Å². The highest BCUT2D eigenvalue weighted by atomic mass is 16.4. The molecule has 0 aromatic carbocycles. The summed E-state index contributed by atoms with van der Waals surface area (Å²) in [7, 11) is 1.54. The Morgan fingerprint density at radius 1 is 1.61 bits per heavy atom. The largest absolute Gasteiger partial charge is 0.480 e. The third-order valence-electron chi connectivity index (χ3n) is 2.33. The molecule has 2 amide bonds. The van der Waals surface area contributed by atoms with Gasteiger partial charge in [0.05, 0.1) is 12.7 Å². The number of carbonyl (C=O) groups excluding carboxylic acids is 1. The molecular formula is C10H16N4O4. The van der Waals surface area contributed by atoms with Crippen LogP contribution in [0.1, 0.15) is 12.0 Å². The maximum Gasteiger partial charge on any atom is 0.326 e. The van der Waals surface area contributed by atoms with E-state index in [-0.39, 0.29) is 13.0 Å². The van der Waals surface area contributed by atoms with Crippen molar-refractivity contribution in [3.05, 3.63) is 18.0 Å². The van der Waals surface area contributed by atoms with Gasteiger partial charge in [0.2, 0.25) is 0 Å². The van der Waals surface area contributed by atoms with E-state index in [1.165, 1.54) is 4.90 Å². The molecule has 0 aliphatic rings. The van der Waals surface area contributed by atoms with Crippen LogP contribution in [0.3, 0.4) is 0 Å². The zero-order chi connectivity index (χ0) is 13.5. The highest BCUT2D eigenvalue weighted by molar-refractivity contribution is 5.82. The normalized spacial score (nSPS) is 11.9. The van der Waals surface area contributed by atoms with Gasteiger partial charge in [0, 0.05) is 31.8 Å². The monoisotopic (exact) mass is 256 g/mol. The average molecular weight is 256 g/mol. The lowest BCUT2D eigenvalue weighted by molar-refractivity contribution is -0.139. The number of nitrogens with one attached hydrogen (secondary N) is 2. The maximum atomic E-state index is 11.7. The Balaban J connectivity index is 2.50. The van der Waals surface area contributed by atoms with Gasteiger partial charge in [0.15, 0.2) is 0 Å². The van der Waals surface area contributed by atoms with Crippen LogP contribution in [-0.2, 0) is 11.3 Å². The van der Waals surface area contributed by atoms with E-state index < -0.39 is 18.0 Å². The van der Waals surface area contributed by atoms with Crippen molar-refractivity contribution in [2.75, 3.05) is 13.7 Å². The van der Waals surface area contributed by atoms with E-state index in [9.17, 15) is 9.59 Å². The summed E-state index contributed by atoms with van der Waals surface area (Å²) in [5.41, 5.74) is 0.807. The molecule has 0 spiro atoms. The molecule has 8 nitrogen and oxygen atoms in total. The molecule has 1 aromatic rings. The lowest BCUT2D eigenvalue weighted by Crippen LogP contribution is -2.46. The van der Waals surface area contributed by atoms with Crippen LogP contribution in [0.2, 0.25) is 0 Å². The van der Waals surface area contributed by atoms with E-state index in [4.69, 9.17) is 10.2 Å². The quantitative estimate of drug-likeness (QED) is 0.541. The second kappa shape index (κ2) is 6.60. The average Bonchev–Trinajstić information content (AvgIpc) is 2.80. The summed E-state index contributed by atoms with van der Waals surface area (Å²) in [5, 5.41) is 26.2. The Bertz CT molecular complexity index is 393. The van der Waals surface area contributed by atoms with Gasteiger partial charge in [0.1, 0.15) is 6.04 Å². The van der Waals surface area contributed by atoms with Crippen LogP contribution >= 0.6 is 0 Å². The van der Waals surface area contributed by atoms with E-state index >= 15 is 0 Å². The van der Waals surface area contributed by atoms with E-state index in [1.54, 1.807) is 19.4 Å². The topological polar surface area (TPSA) is 119 Å². The molecule has 0 saturated carbocycles. The zero-order valence-corrected chi connectivity index (χ0v) is 9.96. The summed E-state index contributed by atoms with van der Waals surface area (Å²) in [4.78, 5) is 23.8. The molecule has 0 saturated heterocycles. The molecule has 0 fully saturated rings. The number of amides is 2. The molecule has 1 heterocycles. The van der Waals surface area contributed by atoms with Crippen LogP contribution < -0.4 is 5.32 Å². The Morgan fingerprint density at radius 2 is 2.33 bits per heavy atom. The van der Waals surface area contributed by atoms with Crippen LogP contribution in [0.4, 0.5) is 4.79 Å². The fourth-order valence-corrected chi connectivity index (χ4v) is 1.36. The number of aliphatic hydroxyl groups is 1. The fraction of sp³-hybridized carbons (Fsp3) is 0.500. The molecule has 1 rings (SSSR count). The molecule has 0 bridgehead atoms. The van der Waals surface area contributed by atoms with E-state index in [0.717, 1.165) is 5.56 Å². The number of urea groups is 1. The van der Waals surface area contributed by atoms with Gasteiger partial charge in [-0.3, -0.25) is 5.10 Å². The lowest BCUT2D eigenvalue weighted by atomic mass is 10.2. The predicted octanol–water partition coefficient (Wildman–Crippen LogP) is -0.613. The highest BCUT2D eigenvalue weighted by Crippen LogP contribution is 2.01. The van der Waals surface area contributed by atoms with Crippen molar-refractivity contribution in [1.82, 2.24) is 20.4 Å². The molecule has 0 aliphatic carbocycles. The van der Waals surface area contributed by atoms with Crippen molar-refractivity contribution < 1.29 is 19.8 Å². The molecule has 0 radical (unpaired) electrons. The molecule has 8 heteroatoms. The van der Waals surface area contributed by atoms with Crippen LogP contribution in [0.15, 0.2) is 12.4 Å². The highest BCUT2D eigenvalue weighted by Gasteiger charge is 2.21. The number of aliphatic hydroxyl groups excluding tert-OH is 1. The minimum absolute atomic E-state index is 0.0272. The van der Waals surface area contributed by atoms with Crippen LogP contribution in [0.5, 0.6) is 0 Å². The molecule has 1 aromatic heterocycles. The Morgan fingerprint density at radius 3 is 2.83 bits per heavy atom. The molecule has 1 unspecified atom stereocenters. The van der Waals surface area contributed by atoms with Gasteiger partial charge in [-0.05, 0) is 0 Å². The summed E-state index contributed by atoms with van der Waals surface area (Å²) in [5.74, 6) is -1.17. The van der Waals surface area contributed by atoms with Crippen LogP contribution in [-0.4, -0.2) is 57.0 Å². The molecule has 100 valence electrons. The number of carboxylic acids is 1. The van der Waals surface area contributed by atoms with Gasteiger partial charge in [-0.15, -0.1) is 0 Å². The number of hydrogen-bond donors (Lipinski definition) is 4. The van der Waals surface area contributed by atoms with Gasteiger partial charge in [-0.2, -0.15) is 5.10 Å². The van der Waals surface area contributed by atoms with Crippen molar-refractivity contribution >= 4 is 12.0 Å². The van der Waals surface area contributed by atoms with Crippen molar-refractivity contribution in [3.63, 3.8) is 0 Å². The number of aromatic nitrogens is 2. The molecule has 1 atom stereocenters. The Kier molecular flexibility index (Phi) is 5.12. The van der Waals surface area contributed by atoms with Gasteiger partial charge in [0.25, 0.3) is 0 Å². The minimum atomic E-state index is -1.17. The van der Waals surface area contributed by atoms with Crippen LogP contribution in [0, 0.1) is 0 Å². The number of hydrogen-bond acceptors (Lipinski definition) is 4. The van der Waals surface area contributed by atoms with Gasteiger partial charge in [-0.1, -0.05) is 0 Å². The van der Waals surface area contributed by atoms with Crippen molar-refractivity contribution in [1.29, 1.82) is 0 Å². The Labute approximate surface area is 104 Å². The standard InChI is InChI=1S/C10H16N4O4/c1-14(6-7-4-11-12-5-7)10(18)13-8(2-3-15)9(16)17/h4-5,8,15H,2-3,6H2,1H3,(H,11,12)(H,13,18)(H,16,17). The van der Waals surface area contributed by atoms with Gasteiger partial charge >= 0.3 is 12.0 Å². The van der Waals surface area contributed by atoms with E-state index in [0.29, 0.717) is 6.54 Å². The van der Waals surface area contributed by atoms with Crippen LogP contribution in [0.25, 0.3) is 0 Å². The molecule has 18 heavy (non-hydrogen) atoms. The number of H-pyrrole nitrogens is 1. The molecule has 0 aliphatic heterocycles. The smallest absolute Gasteiger partial charge is 0.326 e. The third-order valence-corrected chi connectivity index (χ3v) is 2.33. The maximum absolute atomic E-state index is 11.7. The van der Waals surface area contributed by atoms with E-state index in [2.05, 4.69) is 15.5 Å². The third kappa shape index (κ3) is 4.06. The van der Waals surface area contributed by atoms with Crippen molar-refractivity contribution in [3.8, 4) is 0 Å². The second-order valence-corrected chi connectivity index (χ2v) is 3.82. The summed E-state index contributed by atoms with van der Waals surface area (Å²) in [6.45, 7) is 0.0104. The fourth-order valence-electron chi connectivity index (χ4n) is 1.36. The van der Waals surface area contributed by atoms with E-state index in [1.807, 2.05) is 0 Å². The number of nitrogens with zero attached hydrogens (tertiary/aromatic N) is 2. The predicted molar refractivity (Wildman–Crippen MR) is 61.7 cm³/mol. The Hall–Kier alpha value is -2.09. The first kappa shape index (κ1) is 14.0. The number of carboxylic acid groups (broad SMARTS) is 1. The number of rotatable bonds is 6. The summed E-state index contributed by atoms with van der Waals surface area (Å²) < 4.78 is 0. The second-order valence-electron chi connectivity index (χ2n) is 3.82. The SMILES string of the molecule is CN(Cc1cn[nH]c1)C(=O)NC(CCO)C(=O)O. The first-order valence-corrected chi connectivity index (χ1v) is 5.37. The summed E-state index contributed by atoms with van der Waals surface area (Å²) >= 11 is 0. The van der Waals surface area contributed by atoms with Gasteiger partial charge < -0.3 is 20.4 Å².